The van der Waals surface area contributed by atoms with E-state index in [1.807, 2.05) is 0 Å². The maximum absolute atomic E-state index is 11.7. The number of hydrogen-bond donors (Lipinski definition) is 0. The first-order valence-electron chi connectivity index (χ1n) is 1.55. The topological polar surface area (TPSA) is 28.1 Å². The molecule has 0 fully saturated rings. The fourth-order valence-electron chi connectivity index (χ4n) is 0.0952. The van der Waals surface area contributed by atoms with Gasteiger partial charge in [0.25, 0.3) is 5.16 Å². The van der Waals surface area contributed by atoms with E-state index < -0.39 is 11.0 Å². The van der Waals surface area contributed by atoms with Crippen LogP contribution in [0, 0.1) is 17.9 Å². The molecule has 0 saturated heterocycles. The van der Waals surface area contributed by atoms with Crippen molar-refractivity contribution in [1.29, 1.82) is 5.26 Å². The molecule has 0 atom stereocenters. The summed E-state index contributed by atoms with van der Waals surface area (Å²) in [5.74, 6) is -1.23. The molecule has 0 aromatic carbocycles. The Labute approximate surface area is 50.6 Å². The van der Waals surface area contributed by atoms with Crippen LogP contribution in [-0.4, -0.2) is 0 Å². The summed E-state index contributed by atoms with van der Waals surface area (Å²) in [4.78, 5) is 2.46. The lowest BCUT2D eigenvalue weighted by Gasteiger charge is -1.75. The molecule has 0 aliphatic rings. The highest BCUT2D eigenvalue weighted by atomic mass is 35.5. The van der Waals surface area contributed by atoms with Crippen molar-refractivity contribution in [3.63, 3.8) is 0 Å². The van der Waals surface area contributed by atoms with Crippen molar-refractivity contribution in [2.24, 2.45) is 0 Å². The summed E-state index contributed by atoms with van der Waals surface area (Å²) in [7, 11) is 0. The summed E-state index contributed by atoms with van der Waals surface area (Å²) in [6.07, 6.45) is 0. The van der Waals surface area contributed by atoms with Crippen LogP contribution in [-0.2, 0) is 0 Å². The standard InChI is InChI=1S/C4ClFN2/c1-8-4(5)3(6)2-7/b4-3+. The Hall–Kier alpha value is -1.06. The first kappa shape index (κ1) is 6.94. The number of rotatable bonds is 0. The number of halogens is 2. The largest absolute Gasteiger partial charge is 0.298 e. The zero-order valence-electron chi connectivity index (χ0n) is 3.65. The first-order chi connectivity index (χ1) is 3.72. The van der Waals surface area contributed by atoms with E-state index in [0.29, 0.717) is 0 Å². The highest BCUT2D eigenvalue weighted by Gasteiger charge is 1.98. The van der Waals surface area contributed by atoms with Gasteiger partial charge in [-0.05, 0) is 0 Å². The summed E-state index contributed by atoms with van der Waals surface area (Å²) in [6.45, 7) is 6.09. The van der Waals surface area contributed by atoms with Crippen LogP contribution in [0.5, 0.6) is 0 Å². The van der Waals surface area contributed by atoms with Gasteiger partial charge in [-0.15, -0.1) is 11.6 Å². The van der Waals surface area contributed by atoms with Gasteiger partial charge in [0.15, 0.2) is 0 Å². The van der Waals surface area contributed by atoms with Gasteiger partial charge in [-0.3, -0.25) is 0 Å². The van der Waals surface area contributed by atoms with Gasteiger partial charge in [-0.1, -0.05) is 0 Å². The van der Waals surface area contributed by atoms with Gasteiger partial charge in [0.1, 0.15) is 6.07 Å². The van der Waals surface area contributed by atoms with Crippen molar-refractivity contribution in [3.05, 3.63) is 22.4 Å². The zero-order chi connectivity index (χ0) is 6.57. The molecule has 0 aliphatic carbocycles. The molecule has 0 rings (SSSR count). The van der Waals surface area contributed by atoms with Crippen LogP contribution in [0.2, 0.25) is 0 Å². The Kier molecular flexibility index (Phi) is 2.61. The minimum Gasteiger partial charge on any atom is -0.221 e. The van der Waals surface area contributed by atoms with E-state index >= 15 is 0 Å². The molecule has 0 aliphatic heterocycles. The summed E-state index contributed by atoms with van der Waals surface area (Å²) >= 11 is 4.84. The quantitative estimate of drug-likeness (QED) is 0.279. The molecule has 0 unspecified atom stereocenters. The van der Waals surface area contributed by atoms with E-state index in [4.69, 9.17) is 23.4 Å². The third-order valence-corrected chi connectivity index (χ3v) is 0.628. The third kappa shape index (κ3) is 1.59. The van der Waals surface area contributed by atoms with Crippen LogP contribution in [0.25, 0.3) is 4.85 Å². The van der Waals surface area contributed by atoms with Crippen LogP contribution in [0.4, 0.5) is 4.39 Å². The minimum atomic E-state index is -1.23. The first-order valence-corrected chi connectivity index (χ1v) is 1.93. The summed E-state index contributed by atoms with van der Waals surface area (Å²) in [6, 6.07) is 1.08. The van der Waals surface area contributed by atoms with E-state index in [1.165, 1.54) is 0 Å². The molecule has 40 valence electrons. The molecule has 0 spiro atoms. The Morgan fingerprint density at radius 3 is 2.50 bits per heavy atom. The molecule has 0 amide bonds. The van der Waals surface area contributed by atoms with E-state index in [9.17, 15) is 4.39 Å². The normalized spacial score (nSPS) is 11.0. The molecule has 0 saturated carbocycles. The van der Waals surface area contributed by atoms with E-state index in [0.717, 1.165) is 6.07 Å². The van der Waals surface area contributed by atoms with Crippen LogP contribution in [0.15, 0.2) is 11.0 Å². The SMILES string of the molecule is [C-]#[N+]/C(Cl)=C(/F)C#N. The Morgan fingerprint density at radius 1 is 1.88 bits per heavy atom. The van der Waals surface area contributed by atoms with Crippen molar-refractivity contribution in [1.82, 2.24) is 0 Å². The maximum atomic E-state index is 11.7. The number of nitrogens with zero attached hydrogens (tertiary/aromatic N) is 2. The molecule has 0 aromatic heterocycles. The van der Waals surface area contributed by atoms with Crippen LogP contribution in [0.1, 0.15) is 0 Å². The summed E-state index contributed by atoms with van der Waals surface area (Å²) < 4.78 is 11.7. The van der Waals surface area contributed by atoms with Crippen molar-refractivity contribution in [2.75, 3.05) is 0 Å². The highest BCUT2D eigenvalue weighted by molar-refractivity contribution is 6.31. The van der Waals surface area contributed by atoms with Crippen molar-refractivity contribution < 1.29 is 4.39 Å². The van der Waals surface area contributed by atoms with E-state index in [1.54, 1.807) is 0 Å². The Morgan fingerprint density at radius 2 is 2.38 bits per heavy atom. The zero-order valence-corrected chi connectivity index (χ0v) is 4.41. The fraction of sp³-hybridized carbons (Fsp3) is 0. The van der Waals surface area contributed by atoms with Crippen LogP contribution < -0.4 is 0 Å². The molecule has 0 heterocycles. The lowest BCUT2D eigenvalue weighted by Crippen LogP contribution is -1.64. The Balaban J connectivity index is 4.41. The molecule has 0 radical (unpaired) electrons. The molecule has 2 nitrogen and oxygen atoms in total. The highest BCUT2D eigenvalue weighted by Crippen LogP contribution is 2.09. The lowest BCUT2D eigenvalue weighted by molar-refractivity contribution is 0.669. The second-order valence-electron chi connectivity index (χ2n) is 0.828. The molecule has 4 heteroatoms. The smallest absolute Gasteiger partial charge is 0.221 e. The molecule has 0 bridgehead atoms. The summed E-state index contributed by atoms with van der Waals surface area (Å²) in [5, 5.41) is 7.01. The van der Waals surface area contributed by atoms with Gasteiger partial charge >= 0.3 is 0 Å². The number of allylic oxidation sites excluding steroid dienone is 1. The summed E-state index contributed by atoms with van der Waals surface area (Å²) in [5.41, 5.74) is 0. The number of nitriles is 1. The van der Waals surface area contributed by atoms with Crippen LogP contribution in [0.3, 0.4) is 0 Å². The van der Waals surface area contributed by atoms with Crippen molar-refractivity contribution in [2.45, 2.75) is 0 Å². The molecule has 0 aromatic rings. The van der Waals surface area contributed by atoms with Gasteiger partial charge < -0.3 is 0 Å². The fourth-order valence-corrected chi connectivity index (χ4v) is 0.137. The van der Waals surface area contributed by atoms with Gasteiger partial charge in [-0.25, -0.2) is 9.24 Å². The van der Waals surface area contributed by atoms with Crippen molar-refractivity contribution in [3.8, 4) is 6.07 Å². The lowest BCUT2D eigenvalue weighted by atomic mass is 10.6. The average Bonchev–Trinajstić information content (AvgIpc) is 1.84. The van der Waals surface area contributed by atoms with Crippen molar-refractivity contribution >= 4 is 11.6 Å². The van der Waals surface area contributed by atoms with Gasteiger partial charge in [-0.2, -0.15) is 5.26 Å². The molecule has 8 heavy (non-hydrogen) atoms. The average molecular weight is 131 g/mol. The molecular weight excluding hydrogens is 131 g/mol. The van der Waals surface area contributed by atoms with Gasteiger partial charge in [0, 0.05) is 0 Å². The van der Waals surface area contributed by atoms with E-state index in [-0.39, 0.29) is 0 Å². The van der Waals surface area contributed by atoms with Gasteiger partial charge in [0.05, 0.1) is 6.57 Å². The monoisotopic (exact) mass is 130 g/mol. The molecule has 0 N–H and O–H groups in total. The predicted molar refractivity (Wildman–Crippen MR) is 26.2 cm³/mol. The molecular formula is C4ClFN2. The second-order valence-corrected chi connectivity index (χ2v) is 1.19. The minimum absolute atomic E-state index is 0.715. The van der Waals surface area contributed by atoms with E-state index in [2.05, 4.69) is 4.85 Å². The second kappa shape index (κ2) is 3.01. The predicted octanol–water partition coefficient (Wildman–Crippen LogP) is 1.81. The third-order valence-electron chi connectivity index (χ3n) is 0.377. The van der Waals surface area contributed by atoms with Crippen LogP contribution >= 0.6 is 11.6 Å². The maximum Gasteiger partial charge on any atom is 0.298 e. The van der Waals surface area contributed by atoms with Gasteiger partial charge in [0.2, 0.25) is 5.83 Å². The Bertz CT molecular complexity index is 173. The number of hydrogen-bond acceptors (Lipinski definition) is 1.